The van der Waals surface area contributed by atoms with E-state index in [-0.39, 0.29) is 11.6 Å². The van der Waals surface area contributed by atoms with Gasteiger partial charge in [-0.2, -0.15) is 10.4 Å². The highest BCUT2D eigenvalue weighted by atomic mass is 16.1. The molecule has 0 radical (unpaired) electrons. The van der Waals surface area contributed by atoms with Crippen molar-refractivity contribution in [2.45, 2.75) is 26.3 Å². The second kappa shape index (κ2) is 8.15. The summed E-state index contributed by atoms with van der Waals surface area (Å²) in [6, 6.07) is 11.4. The Kier molecular flexibility index (Phi) is 5.15. The second-order valence-electron chi connectivity index (χ2n) is 8.36. The van der Waals surface area contributed by atoms with E-state index < -0.39 is 0 Å². The van der Waals surface area contributed by atoms with Crippen LogP contribution in [0.4, 0.5) is 5.82 Å². The average molecular weight is 441 g/mol. The number of nitrogens with one attached hydrogen (secondary N) is 3. The van der Waals surface area contributed by atoms with Gasteiger partial charge in [0, 0.05) is 42.0 Å². The first kappa shape index (κ1) is 20.8. The molecule has 0 aliphatic carbocycles. The van der Waals surface area contributed by atoms with E-state index in [1.807, 2.05) is 33.0 Å². The Bertz CT molecular complexity index is 1420. The molecule has 0 bridgehead atoms. The summed E-state index contributed by atoms with van der Waals surface area (Å²) in [6.07, 6.45) is 1.04. The number of aryl methyl sites for hydroxylation is 2. The molecule has 4 heterocycles. The number of ketones is 1. The van der Waals surface area contributed by atoms with Crippen molar-refractivity contribution in [1.29, 1.82) is 5.26 Å². The third kappa shape index (κ3) is 3.75. The quantitative estimate of drug-likeness (QED) is 0.408. The molecule has 1 aliphatic rings. The molecule has 166 valence electrons. The number of hydrogen-bond donors (Lipinski definition) is 3. The molecule has 3 N–H and O–H groups in total. The number of anilines is 1. The van der Waals surface area contributed by atoms with Crippen LogP contribution in [0.3, 0.4) is 0 Å². The predicted octanol–water partition coefficient (Wildman–Crippen LogP) is 2.85. The second-order valence-corrected chi connectivity index (χ2v) is 8.36. The summed E-state index contributed by atoms with van der Waals surface area (Å²) in [5.74, 6) is 0.699. The fourth-order valence-corrected chi connectivity index (χ4v) is 4.36. The molecule has 0 amide bonds. The van der Waals surface area contributed by atoms with E-state index in [2.05, 4.69) is 36.8 Å². The van der Waals surface area contributed by atoms with Crippen LogP contribution in [0.15, 0.2) is 30.3 Å². The van der Waals surface area contributed by atoms with Gasteiger partial charge in [0.05, 0.1) is 22.8 Å². The number of H-pyrrole nitrogens is 1. The molecule has 3 aromatic heterocycles. The van der Waals surface area contributed by atoms with Gasteiger partial charge in [-0.3, -0.25) is 9.48 Å². The zero-order chi connectivity index (χ0) is 23.1. The zero-order valence-electron chi connectivity index (χ0n) is 18.7. The minimum absolute atomic E-state index is 0.215. The van der Waals surface area contributed by atoms with Crippen molar-refractivity contribution in [2.24, 2.45) is 7.05 Å². The first-order valence-corrected chi connectivity index (χ1v) is 10.9. The number of benzene rings is 1. The summed E-state index contributed by atoms with van der Waals surface area (Å²) in [7, 11) is 1.86. The number of nitriles is 1. The normalized spacial score (nSPS) is 15.6. The average Bonchev–Trinajstić information content (AvgIpc) is 3.53. The Balaban J connectivity index is 1.49. The standard InChI is InChI=1S/C24H24N8O/c1-13-21(14(2)32(3)31-13)18-10-15(4-5-16(18)11-25)22(33)24-28-19-6-7-20(29-23(19)30-24)27-17-8-9-26-12-17/h4-7,10,17,26H,8-9,12H2,1-3H3,(H2,27,28,29,30). The number of carbonyl (C=O) groups excluding carboxylic acids is 1. The lowest BCUT2D eigenvalue weighted by molar-refractivity contribution is 0.103. The van der Waals surface area contributed by atoms with E-state index in [0.717, 1.165) is 42.3 Å². The topological polar surface area (TPSA) is 124 Å². The Labute approximate surface area is 190 Å². The Morgan fingerprint density at radius 2 is 2.09 bits per heavy atom. The van der Waals surface area contributed by atoms with Crippen LogP contribution < -0.4 is 10.6 Å². The molecule has 1 fully saturated rings. The molecular weight excluding hydrogens is 416 g/mol. The third-order valence-electron chi connectivity index (χ3n) is 6.15. The van der Waals surface area contributed by atoms with Gasteiger partial charge in [0.2, 0.25) is 5.78 Å². The molecule has 1 saturated heterocycles. The number of nitrogens with zero attached hydrogens (tertiary/aromatic N) is 5. The number of imidazole rings is 1. The molecule has 9 heteroatoms. The highest BCUT2D eigenvalue weighted by Crippen LogP contribution is 2.31. The van der Waals surface area contributed by atoms with Crippen molar-refractivity contribution in [1.82, 2.24) is 30.0 Å². The van der Waals surface area contributed by atoms with Crippen LogP contribution in [0, 0.1) is 25.2 Å². The van der Waals surface area contributed by atoms with E-state index in [4.69, 9.17) is 0 Å². The van der Waals surface area contributed by atoms with Crippen LogP contribution in [0.25, 0.3) is 22.3 Å². The van der Waals surface area contributed by atoms with Crippen LogP contribution >= 0.6 is 0 Å². The summed E-state index contributed by atoms with van der Waals surface area (Å²) in [4.78, 5) is 25.4. The fourth-order valence-electron chi connectivity index (χ4n) is 4.36. The highest BCUT2D eigenvalue weighted by molar-refractivity contribution is 6.08. The Morgan fingerprint density at radius 3 is 2.79 bits per heavy atom. The summed E-state index contributed by atoms with van der Waals surface area (Å²) in [5.41, 5.74) is 5.42. The molecule has 0 spiro atoms. The van der Waals surface area contributed by atoms with Gasteiger partial charge in [0.15, 0.2) is 11.5 Å². The van der Waals surface area contributed by atoms with Crippen molar-refractivity contribution < 1.29 is 4.79 Å². The molecule has 1 aliphatic heterocycles. The van der Waals surface area contributed by atoms with E-state index in [1.165, 1.54) is 0 Å². The van der Waals surface area contributed by atoms with Crippen LogP contribution in [0.2, 0.25) is 0 Å². The maximum absolute atomic E-state index is 13.3. The summed E-state index contributed by atoms with van der Waals surface area (Å²) in [5, 5.41) is 20.8. The first-order chi connectivity index (χ1) is 15.9. The largest absolute Gasteiger partial charge is 0.366 e. The van der Waals surface area contributed by atoms with Crippen LogP contribution in [-0.2, 0) is 7.05 Å². The molecule has 9 nitrogen and oxygen atoms in total. The highest BCUT2D eigenvalue weighted by Gasteiger charge is 2.21. The van der Waals surface area contributed by atoms with E-state index in [9.17, 15) is 10.1 Å². The van der Waals surface area contributed by atoms with Gasteiger partial charge in [-0.1, -0.05) is 0 Å². The predicted molar refractivity (Wildman–Crippen MR) is 125 cm³/mol. The smallest absolute Gasteiger partial charge is 0.228 e. The minimum atomic E-state index is -0.257. The van der Waals surface area contributed by atoms with Crippen molar-refractivity contribution >= 4 is 22.8 Å². The lowest BCUT2D eigenvalue weighted by atomic mass is 9.95. The molecule has 1 atom stereocenters. The van der Waals surface area contributed by atoms with E-state index in [1.54, 1.807) is 22.9 Å². The number of aromatic nitrogens is 5. The first-order valence-electron chi connectivity index (χ1n) is 10.9. The number of aromatic amines is 1. The maximum Gasteiger partial charge on any atom is 0.228 e. The lowest BCUT2D eigenvalue weighted by Gasteiger charge is -2.11. The van der Waals surface area contributed by atoms with Gasteiger partial charge < -0.3 is 15.6 Å². The van der Waals surface area contributed by atoms with Crippen molar-refractivity contribution in [2.75, 3.05) is 18.4 Å². The Hall–Kier alpha value is -4.03. The molecule has 5 rings (SSSR count). The minimum Gasteiger partial charge on any atom is -0.366 e. The van der Waals surface area contributed by atoms with Gasteiger partial charge in [-0.25, -0.2) is 9.97 Å². The van der Waals surface area contributed by atoms with E-state index in [0.29, 0.717) is 33.9 Å². The molecular formula is C24H24N8O. The third-order valence-corrected chi connectivity index (χ3v) is 6.15. The number of hydrogen-bond acceptors (Lipinski definition) is 7. The summed E-state index contributed by atoms with van der Waals surface area (Å²) in [6.45, 7) is 5.74. The van der Waals surface area contributed by atoms with E-state index >= 15 is 0 Å². The van der Waals surface area contributed by atoms with Gasteiger partial charge in [-0.15, -0.1) is 0 Å². The SMILES string of the molecule is Cc1nn(C)c(C)c1-c1cc(C(=O)c2nc3nc(NC4CCNC4)ccc3[nH]2)ccc1C#N. The zero-order valence-corrected chi connectivity index (χ0v) is 18.7. The van der Waals surface area contributed by atoms with Crippen LogP contribution in [0.5, 0.6) is 0 Å². The van der Waals surface area contributed by atoms with Crippen LogP contribution in [0.1, 0.15) is 39.6 Å². The number of carbonyl (C=O) groups is 1. The number of rotatable bonds is 5. The van der Waals surface area contributed by atoms with Crippen molar-refractivity contribution in [3.63, 3.8) is 0 Å². The monoisotopic (exact) mass is 440 g/mol. The summed E-state index contributed by atoms with van der Waals surface area (Å²) < 4.78 is 1.78. The van der Waals surface area contributed by atoms with Gasteiger partial charge in [-0.05, 0) is 57.1 Å². The molecule has 1 unspecified atom stereocenters. The van der Waals surface area contributed by atoms with Crippen LogP contribution in [-0.4, -0.2) is 49.6 Å². The Morgan fingerprint density at radius 1 is 1.24 bits per heavy atom. The van der Waals surface area contributed by atoms with Gasteiger partial charge >= 0.3 is 0 Å². The lowest BCUT2D eigenvalue weighted by Crippen LogP contribution is -2.22. The van der Waals surface area contributed by atoms with Gasteiger partial charge in [0.25, 0.3) is 0 Å². The maximum atomic E-state index is 13.3. The van der Waals surface area contributed by atoms with Crippen molar-refractivity contribution in [3.8, 4) is 17.2 Å². The van der Waals surface area contributed by atoms with Gasteiger partial charge in [0.1, 0.15) is 5.82 Å². The van der Waals surface area contributed by atoms with Crippen molar-refractivity contribution in [3.05, 3.63) is 58.7 Å². The molecule has 1 aromatic carbocycles. The number of pyridine rings is 1. The molecule has 33 heavy (non-hydrogen) atoms. The summed E-state index contributed by atoms with van der Waals surface area (Å²) >= 11 is 0. The number of fused-ring (bicyclic) bond motifs is 1. The fraction of sp³-hybridized carbons (Fsp3) is 0.292. The molecule has 0 saturated carbocycles. The molecule has 4 aromatic rings.